The number of hydrogen-bond acceptors (Lipinski definition) is 3. The van der Waals surface area contributed by atoms with Crippen LogP contribution >= 0.6 is 0 Å². The van der Waals surface area contributed by atoms with Crippen LogP contribution in [-0.4, -0.2) is 14.2 Å². The van der Waals surface area contributed by atoms with E-state index in [-0.39, 0.29) is 0 Å². The molecule has 3 aromatic carbocycles. The molecule has 3 nitrogen and oxygen atoms in total. The van der Waals surface area contributed by atoms with Crippen LogP contribution in [0, 0.1) is 18.3 Å². The highest BCUT2D eigenvalue weighted by Crippen LogP contribution is 2.33. The zero-order valence-electron chi connectivity index (χ0n) is 14.5. The first-order valence-electron chi connectivity index (χ1n) is 8.00. The molecule has 0 aliphatic rings. The summed E-state index contributed by atoms with van der Waals surface area (Å²) < 4.78 is 10.9. The van der Waals surface area contributed by atoms with Gasteiger partial charge in [0.2, 0.25) is 0 Å². The summed E-state index contributed by atoms with van der Waals surface area (Å²) in [5, 5.41) is 11.7. The number of benzene rings is 3. The van der Waals surface area contributed by atoms with E-state index in [1.807, 2.05) is 67.6 Å². The highest BCUT2D eigenvalue weighted by atomic mass is 16.5. The fourth-order valence-electron chi connectivity index (χ4n) is 2.81. The lowest BCUT2D eigenvalue weighted by Crippen LogP contribution is -1.91. The minimum atomic E-state index is 0.591. The van der Waals surface area contributed by atoms with Gasteiger partial charge < -0.3 is 9.47 Å². The maximum atomic E-state index is 9.66. The van der Waals surface area contributed by atoms with Crippen molar-refractivity contribution in [1.82, 2.24) is 0 Å². The number of allylic oxidation sites excluding steroid dienone is 1. The first-order valence-corrected chi connectivity index (χ1v) is 8.00. The van der Waals surface area contributed by atoms with Crippen LogP contribution in [0.2, 0.25) is 0 Å². The van der Waals surface area contributed by atoms with Crippen molar-refractivity contribution in [2.24, 2.45) is 0 Å². The summed E-state index contributed by atoms with van der Waals surface area (Å²) in [5.74, 6) is 1.49. The van der Waals surface area contributed by atoms with E-state index in [9.17, 15) is 5.26 Å². The zero-order chi connectivity index (χ0) is 17.8. The molecular formula is C22H19NO2. The SMILES string of the molecule is COc1ccc2ccc(OC)c(/C=C(/C#N)c3ccc(C)cc3)c2c1. The highest BCUT2D eigenvalue weighted by Gasteiger charge is 2.10. The molecule has 124 valence electrons. The number of nitriles is 1. The molecule has 0 spiro atoms. The molecule has 0 bridgehead atoms. The largest absolute Gasteiger partial charge is 0.497 e. The molecule has 0 radical (unpaired) electrons. The third-order valence-corrected chi connectivity index (χ3v) is 4.22. The number of methoxy groups -OCH3 is 2. The summed E-state index contributed by atoms with van der Waals surface area (Å²) in [7, 11) is 3.28. The molecule has 3 aromatic rings. The van der Waals surface area contributed by atoms with Gasteiger partial charge in [0, 0.05) is 5.56 Å². The highest BCUT2D eigenvalue weighted by molar-refractivity contribution is 6.00. The van der Waals surface area contributed by atoms with E-state index in [1.54, 1.807) is 14.2 Å². The summed E-state index contributed by atoms with van der Waals surface area (Å²) in [6.07, 6.45) is 1.88. The first kappa shape index (κ1) is 16.6. The molecule has 0 aliphatic carbocycles. The molecule has 3 heteroatoms. The van der Waals surface area contributed by atoms with E-state index in [1.165, 1.54) is 0 Å². The van der Waals surface area contributed by atoms with Crippen molar-refractivity contribution in [3.05, 3.63) is 71.3 Å². The Morgan fingerprint density at radius 2 is 1.68 bits per heavy atom. The monoisotopic (exact) mass is 329 g/mol. The number of nitrogens with zero attached hydrogens (tertiary/aromatic N) is 1. The summed E-state index contributed by atoms with van der Waals surface area (Å²) >= 11 is 0. The minimum absolute atomic E-state index is 0.591. The van der Waals surface area contributed by atoms with E-state index in [0.29, 0.717) is 5.57 Å². The Kier molecular flexibility index (Phi) is 4.72. The van der Waals surface area contributed by atoms with E-state index < -0.39 is 0 Å². The lowest BCUT2D eigenvalue weighted by molar-refractivity contribution is 0.413. The molecule has 0 fully saturated rings. The molecule has 0 aromatic heterocycles. The number of fused-ring (bicyclic) bond motifs is 1. The Balaban J connectivity index is 2.24. The quantitative estimate of drug-likeness (QED) is 0.486. The van der Waals surface area contributed by atoms with Gasteiger partial charge in [-0.3, -0.25) is 0 Å². The fourth-order valence-corrected chi connectivity index (χ4v) is 2.81. The molecule has 0 N–H and O–H groups in total. The lowest BCUT2D eigenvalue weighted by Gasteiger charge is -2.11. The van der Waals surface area contributed by atoms with Gasteiger partial charge in [-0.05, 0) is 47.5 Å². The van der Waals surface area contributed by atoms with Gasteiger partial charge in [-0.15, -0.1) is 0 Å². The Morgan fingerprint density at radius 1 is 0.960 bits per heavy atom. The second-order valence-corrected chi connectivity index (χ2v) is 5.80. The van der Waals surface area contributed by atoms with Gasteiger partial charge in [-0.1, -0.05) is 42.0 Å². The molecule has 0 saturated carbocycles. The molecule has 0 unspecified atom stereocenters. The summed E-state index contributed by atoms with van der Waals surface area (Å²) in [5.41, 5.74) is 3.51. The van der Waals surface area contributed by atoms with Gasteiger partial charge in [-0.25, -0.2) is 0 Å². The van der Waals surface area contributed by atoms with Crippen molar-refractivity contribution in [2.45, 2.75) is 6.92 Å². The van der Waals surface area contributed by atoms with Crippen LogP contribution in [0.4, 0.5) is 0 Å². The molecule has 25 heavy (non-hydrogen) atoms. The Morgan fingerprint density at radius 3 is 2.32 bits per heavy atom. The van der Waals surface area contributed by atoms with Crippen molar-refractivity contribution in [3.63, 3.8) is 0 Å². The van der Waals surface area contributed by atoms with Crippen LogP contribution < -0.4 is 9.47 Å². The van der Waals surface area contributed by atoms with Crippen LogP contribution in [0.3, 0.4) is 0 Å². The molecule has 0 heterocycles. The standard InChI is InChI=1S/C22H19NO2/c1-15-4-6-16(7-5-15)18(14-23)12-21-20-13-19(24-2)10-8-17(20)9-11-22(21)25-3/h4-13H,1-3H3/b18-12-. The van der Waals surface area contributed by atoms with Crippen molar-refractivity contribution in [1.29, 1.82) is 5.26 Å². The maximum Gasteiger partial charge on any atom is 0.126 e. The third kappa shape index (κ3) is 3.34. The van der Waals surface area contributed by atoms with Gasteiger partial charge in [0.15, 0.2) is 0 Å². The topological polar surface area (TPSA) is 42.2 Å². The molecule has 0 aliphatic heterocycles. The van der Waals surface area contributed by atoms with Crippen molar-refractivity contribution >= 4 is 22.4 Å². The van der Waals surface area contributed by atoms with Crippen LogP contribution in [0.15, 0.2) is 54.6 Å². The average molecular weight is 329 g/mol. The van der Waals surface area contributed by atoms with E-state index in [4.69, 9.17) is 9.47 Å². The smallest absolute Gasteiger partial charge is 0.126 e. The third-order valence-electron chi connectivity index (χ3n) is 4.22. The fraction of sp³-hybridized carbons (Fsp3) is 0.136. The molecule has 0 saturated heterocycles. The maximum absolute atomic E-state index is 9.66. The van der Waals surface area contributed by atoms with E-state index in [0.717, 1.165) is 39.0 Å². The molecule has 0 amide bonds. The average Bonchev–Trinajstić information content (AvgIpc) is 2.66. The number of ether oxygens (including phenoxy) is 2. The Hall–Kier alpha value is -3.25. The summed E-state index contributed by atoms with van der Waals surface area (Å²) in [4.78, 5) is 0. The van der Waals surface area contributed by atoms with Crippen LogP contribution in [0.5, 0.6) is 11.5 Å². The second kappa shape index (κ2) is 7.11. The number of hydrogen-bond donors (Lipinski definition) is 0. The number of rotatable bonds is 4. The summed E-state index contributed by atoms with van der Waals surface area (Å²) in [6.45, 7) is 2.03. The van der Waals surface area contributed by atoms with Gasteiger partial charge in [0.25, 0.3) is 0 Å². The lowest BCUT2D eigenvalue weighted by atomic mass is 9.98. The first-order chi connectivity index (χ1) is 12.2. The number of aryl methyl sites for hydroxylation is 1. The zero-order valence-corrected chi connectivity index (χ0v) is 14.5. The Bertz CT molecular complexity index is 974. The van der Waals surface area contributed by atoms with Gasteiger partial charge in [0.05, 0.1) is 25.9 Å². The predicted molar refractivity (Wildman–Crippen MR) is 102 cm³/mol. The van der Waals surface area contributed by atoms with Crippen molar-refractivity contribution < 1.29 is 9.47 Å². The molecule has 3 rings (SSSR count). The summed E-state index contributed by atoms with van der Waals surface area (Å²) in [6, 6.07) is 20.1. The van der Waals surface area contributed by atoms with Crippen LogP contribution in [-0.2, 0) is 0 Å². The molecule has 0 atom stereocenters. The van der Waals surface area contributed by atoms with Crippen LogP contribution in [0.1, 0.15) is 16.7 Å². The van der Waals surface area contributed by atoms with Crippen LogP contribution in [0.25, 0.3) is 22.4 Å². The van der Waals surface area contributed by atoms with Gasteiger partial charge in [-0.2, -0.15) is 5.26 Å². The van der Waals surface area contributed by atoms with Gasteiger partial charge in [0.1, 0.15) is 11.5 Å². The van der Waals surface area contributed by atoms with Gasteiger partial charge >= 0.3 is 0 Å². The predicted octanol–water partition coefficient (Wildman–Crippen LogP) is 5.23. The minimum Gasteiger partial charge on any atom is -0.497 e. The Labute approximate surface area is 147 Å². The normalized spacial score (nSPS) is 11.2. The van der Waals surface area contributed by atoms with Crippen molar-refractivity contribution in [3.8, 4) is 17.6 Å². The molecular weight excluding hydrogens is 310 g/mol. The van der Waals surface area contributed by atoms with E-state index >= 15 is 0 Å². The second-order valence-electron chi connectivity index (χ2n) is 5.80. The van der Waals surface area contributed by atoms with E-state index in [2.05, 4.69) is 6.07 Å². The van der Waals surface area contributed by atoms with Crippen molar-refractivity contribution in [2.75, 3.05) is 14.2 Å².